The molecule has 1 aromatic carbocycles. The minimum atomic E-state index is 0. The zero-order chi connectivity index (χ0) is 12.3. The van der Waals surface area contributed by atoms with Crippen LogP contribution in [0.2, 0.25) is 5.02 Å². The lowest BCUT2D eigenvalue weighted by Crippen LogP contribution is -2.46. The SMILES string of the molecule is CSc1ccc(Cl)c(C(=O)N2CCNCC2)c1.Cl. The minimum absolute atomic E-state index is 0. The van der Waals surface area contributed by atoms with Gasteiger partial charge in [0.1, 0.15) is 0 Å². The van der Waals surface area contributed by atoms with Gasteiger partial charge in [-0.2, -0.15) is 0 Å². The van der Waals surface area contributed by atoms with Gasteiger partial charge in [0.25, 0.3) is 5.91 Å². The van der Waals surface area contributed by atoms with Crippen molar-refractivity contribution in [3.05, 3.63) is 28.8 Å². The van der Waals surface area contributed by atoms with Gasteiger partial charge in [-0.15, -0.1) is 24.2 Å². The van der Waals surface area contributed by atoms with Gasteiger partial charge in [0.05, 0.1) is 10.6 Å². The molecule has 1 aromatic rings. The van der Waals surface area contributed by atoms with Gasteiger partial charge in [0, 0.05) is 31.1 Å². The van der Waals surface area contributed by atoms with E-state index < -0.39 is 0 Å². The minimum Gasteiger partial charge on any atom is -0.336 e. The van der Waals surface area contributed by atoms with Crippen molar-refractivity contribution in [3.8, 4) is 0 Å². The summed E-state index contributed by atoms with van der Waals surface area (Å²) >= 11 is 7.71. The van der Waals surface area contributed by atoms with Crippen LogP contribution in [0.4, 0.5) is 0 Å². The zero-order valence-corrected chi connectivity index (χ0v) is 12.5. The number of amides is 1. The number of nitrogens with zero attached hydrogens (tertiary/aromatic N) is 1. The van der Waals surface area contributed by atoms with Crippen molar-refractivity contribution in [2.45, 2.75) is 4.90 Å². The molecule has 1 aliphatic heterocycles. The highest BCUT2D eigenvalue weighted by atomic mass is 35.5. The standard InChI is InChI=1S/C12H15ClN2OS.ClH/c1-17-9-2-3-11(13)10(8-9)12(16)15-6-4-14-5-7-15;/h2-3,8,14H,4-7H2,1H3;1H. The summed E-state index contributed by atoms with van der Waals surface area (Å²) in [6.07, 6.45) is 1.99. The first-order chi connectivity index (χ1) is 8.22. The second kappa shape index (κ2) is 7.24. The number of carbonyl (C=O) groups is 1. The summed E-state index contributed by atoms with van der Waals surface area (Å²) in [6.45, 7) is 3.20. The Bertz CT molecular complexity index is 423. The highest BCUT2D eigenvalue weighted by Crippen LogP contribution is 2.24. The van der Waals surface area contributed by atoms with Gasteiger partial charge in [-0.25, -0.2) is 0 Å². The Morgan fingerprint density at radius 2 is 2.06 bits per heavy atom. The summed E-state index contributed by atoms with van der Waals surface area (Å²) in [7, 11) is 0. The molecule has 1 fully saturated rings. The number of benzene rings is 1. The second-order valence-electron chi connectivity index (χ2n) is 3.89. The van der Waals surface area contributed by atoms with Crippen LogP contribution < -0.4 is 5.32 Å². The van der Waals surface area contributed by atoms with E-state index in [4.69, 9.17) is 11.6 Å². The average Bonchev–Trinajstić information content (AvgIpc) is 2.39. The normalized spacial score (nSPS) is 15.1. The van der Waals surface area contributed by atoms with Crippen LogP contribution in [-0.2, 0) is 0 Å². The Kier molecular flexibility index (Phi) is 6.29. The number of rotatable bonds is 2. The van der Waals surface area contributed by atoms with Crippen molar-refractivity contribution < 1.29 is 4.79 Å². The molecule has 1 amide bonds. The summed E-state index contributed by atoms with van der Waals surface area (Å²) in [6, 6.07) is 5.60. The highest BCUT2D eigenvalue weighted by molar-refractivity contribution is 7.98. The summed E-state index contributed by atoms with van der Waals surface area (Å²) in [5, 5.41) is 3.76. The van der Waals surface area contributed by atoms with Crippen molar-refractivity contribution >= 4 is 41.7 Å². The fourth-order valence-electron chi connectivity index (χ4n) is 1.83. The average molecular weight is 307 g/mol. The van der Waals surface area contributed by atoms with Crippen molar-refractivity contribution in [3.63, 3.8) is 0 Å². The largest absolute Gasteiger partial charge is 0.336 e. The number of hydrogen-bond donors (Lipinski definition) is 1. The number of nitrogens with one attached hydrogen (secondary N) is 1. The van der Waals surface area contributed by atoms with Crippen LogP contribution in [0.25, 0.3) is 0 Å². The van der Waals surface area contributed by atoms with Crippen molar-refractivity contribution in [1.29, 1.82) is 0 Å². The summed E-state index contributed by atoms with van der Waals surface area (Å²) in [5.41, 5.74) is 0.611. The Morgan fingerprint density at radius 1 is 1.39 bits per heavy atom. The summed E-state index contributed by atoms with van der Waals surface area (Å²) in [5.74, 6) is 0.0346. The molecule has 2 rings (SSSR count). The van der Waals surface area contributed by atoms with E-state index in [2.05, 4.69) is 5.32 Å². The molecule has 0 aliphatic carbocycles. The summed E-state index contributed by atoms with van der Waals surface area (Å²) < 4.78 is 0. The quantitative estimate of drug-likeness (QED) is 0.852. The molecule has 3 nitrogen and oxygen atoms in total. The van der Waals surface area contributed by atoms with Gasteiger partial charge >= 0.3 is 0 Å². The number of piperazine rings is 1. The summed E-state index contributed by atoms with van der Waals surface area (Å²) in [4.78, 5) is 15.2. The molecule has 100 valence electrons. The molecule has 0 radical (unpaired) electrons. The number of hydrogen-bond acceptors (Lipinski definition) is 3. The molecule has 18 heavy (non-hydrogen) atoms. The van der Waals surface area contributed by atoms with E-state index in [1.54, 1.807) is 17.8 Å². The van der Waals surface area contributed by atoms with Gasteiger partial charge < -0.3 is 10.2 Å². The Hall–Kier alpha value is -0.420. The molecule has 0 spiro atoms. The van der Waals surface area contributed by atoms with Crippen molar-refractivity contribution in [2.24, 2.45) is 0 Å². The first-order valence-corrected chi connectivity index (χ1v) is 7.16. The topological polar surface area (TPSA) is 32.3 Å². The molecular weight excluding hydrogens is 291 g/mol. The fraction of sp³-hybridized carbons (Fsp3) is 0.417. The van der Waals surface area contributed by atoms with Crippen LogP contribution >= 0.6 is 35.8 Å². The van der Waals surface area contributed by atoms with Gasteiger partial charge in [0.15, 0.2) is 0 Å². The Morgan fingerprint density at radius 3 is 2.67 bits per heavy atom. The molecule has 1 heterocycles. The third-order valence-corrected chi connectivity index (χ3v) is 3.86. The van der Waals surface area contributed by atoms with Gasteiger partial charge in [0.2, 0.25) is 0 Å². The van der Waals surface area contributed by atoms with Crippen LogP contribution in [-0.4, -0.2) is 43.2 Å². The van der Waals surface area contributed by atoms with Gasteiger partial charge in [-0.05, 0) is 24.5 Å². The first-order valence-electron chi connectivity index (χ1n) is 5.56. The van der Waals surface area contributed by atoms with E-state index in [-0.39, 0.29) is 18.3 Å². The molecule has 0 bridgehead atoms. The predicted molar refractivity (Wildman–Crippen MR) is 79.3 cm³/mol. The first kappa shape index (κ1) is 15.6. The number of carbonyl (C=O) groups excluding carboxylic acids is 1. The highest BCUT2D eigenvalue weighted by Gasteiger charge is 2.20. The van der Waals surface area contributed by atoms with E-state index in [1.807, 2.05) is 23.3 Å². The van der Waals surface area contributed by atoms with Crippen LogP contribution in [0.1, 0.15) is 10.4 Å². The van der Waals surface area contributed by atoms with Crippen LogP contribution in [0.15, 0.2) is 23.1 Å². The monoisotopic (exact) mass is 306 g/mol. The smallest absolute Gasteiger partial charge is 0.255 e. The molecule has 0 atom stereocenters. The second-order valence-corrected chi connectivity index (χ2v) is 5.17. The lowest BCUT2D eigenvalue weighted by molar-refractivity contribution is 0.0735. The molecule has 1 N–H and O–H groups in total. The Labute approximate surface area is 123 Å². The van der Waals surface area contributed by atoms with Crippen LogP contribution in [0.5, 0.6) is 0 Å². The third-order valence-electron chi connectivity index (χ3n) is 2.81. The lowest BCUT2D eigenvalue weighted by atomic mass is 10.2. The van der Waals surface area contributed by atoms with Gasteiger partial charge in [-0.1, -0.05) is 11.6 Å². The predicted octanol–water partition coefficient (Wildman–Crippen LogP) is 2.53. The number of thioether (sulfide) groups is 1. The molecule has 1 saturated heterocycles. The maximum absolute atomic E-state index is 12.3. The Balaban J connectivity index is 0.00000162. The third kappa shape index (κ3) is 3.54. The molecule has 0 unspecified atom stereocenters. The molecule has 0 saturated carbocycles. The fourth-order valence-corrected chi connectivity index (χ4v) is 2.47. The lowest BCUT2D eigenvalue weighted by Gasteiger charge is -2.27. The van der Waals surface area contributed by atoms with E-state index in [0.717, 1.165) is 31.1 Å². The molecule has 1 aliphatic rings. The van der Waals surface area contributed by atoms with E-state index >= 15 is 0 Å². The molecular formula is C12H16Cl2N2OS. The zero-order valence-electron chi connectivity index (χ0n) is 10.1. The van der Waals surface area contributed by atoms with E-state index in [0.29, 0.717) is 10.6 Å². The maximum atomic E-state index is 12.3. The molecule has 0 aromatic heterocycles. The van der Waals surface area contributed by atoms with Crippen LogP contribution in [0, 0.1) is 0 Å². The van der Waals surface area contributed by atoms with E-state index in [9.17, 15) is 4.79 Å². The van der Waals surface area contributed by atoms with Gasteiger partial charge in [-0.3, -0.25) is 4.79 Å². The van der Waals surface area contributed by atoms with Crippen LogP contribution in [0.3, 0.4) is 0 Å². The van der Waals surface area contributed by atoms with Crippen molar-refractivity contribution in [1.82, 2.24) is 10.2 Å². The molecule has 6 heteroatoms. The maximum Gasteiger partial charge on any atom is 0.255 e. The van der Waals surface area contributed by atoms with Crippen molar-refractivity contribution in [2.75, 3.05) is 32.4 Å². The number of halogens is 2. The van der Waals surface area contributed by atoms with E-state index in [1.165, 1.54) is 0 Å².